The second kappa shape index (κ2) is 11.0. The summed E-state index contributed by atoms with van der Waals surface area (Å²) < 4.78 is 15.3. The molecule has 4 aromatic carbocycles. The number of aromatic amines is 1. The molecule has 6 aromatic rings. The van der Waals surface area contributed by atoms with E-state index in [1.165, 1.54) is 0 Å². The van der Waals surface area contributed by atoms with E-state index in [4.69, 9.17) is 26.8 Å². The number of nitrogens with one attached hydrogen (secondary N) is 1. The second-order valence-electron chi connectivity index (χ2n) is 9.25. The first kappa shape index (κ1) is 25.3. The van der Waals surface area contributed by atoms with Gasteiger partial charge < -0.3 is 9.47 Å². The van der Waals surface area contributed by atoms with Crippen molar-refractivity contribution in [1.29, 1.82) is 0 Å². The van der Waals surface area contributed by atoms with Gasteiger partial charge in [0.25, 0.3) is 0 Å². The maximum Gasteiger partial charge on any atom is 0.195 e. The van der Waals surface area contributed by atoms with E-state index < -0.39 is 0 Å². The minimum atomic E-state index is 0.584. The van der Waals surface area contributed by atoms with Crippen LogP contribution in [0.15, 0.2) is 109 Å². The highest BCUT2D eigenvalue weighted by Gasteiger charge is 2.15. The van der Waals surface area contributed by atoms with Crippen molar-refractivity contribution in [2.45, 2.75) is 6.54 Å². The number of rotatable bonds is 8. The van der Waals surface area contributed by atoms with E-state index in [0.29, 0.717) is 11.3 Å². The molecule has 6 rings (SSSR count). The molecule has 0 fully saturated rings. The first-order valence-electron chi connectivity index (χ1n) is 12.8. The van der Waals surface area contributed by atoms with Gasteiger partial charge in [-0.2, -0.15) is 10.2 Å². The predicted molar refractivity (Wildman–Crippen MR) is 159 cm³/mol. The van der Waals surface area contributed by atoms with E-state index in [1.807, 2.05) is 88.1 Å². The summed E-state index contributed by atoms with van der Waals surface area (Å²) in [5.74, 6) is 2.40. The van der Waals surface area contributed by atoms with Crippen molar-refractivity contribution in [3.05, 3.63) is 120 Å². The zero-order valence-corrected chi connectivity index (χ0v) is 22.9. The Labute approximate surface area is 237 Å². The van der Waals surface area contributed by atoms with Crippen molar-refractivity contribution in [3.63, 3.8) is 0 Å². The summed E-state index contributed by atoms with van der Waals surface area (Å²) in [6.45, 7) is 0.638. The number of nitrogens with zero attached hydrogens (tertiary/aromatic N) is 4. The van der Waals surface area contributed by atoms with Gasteiger partial charge in [0.1, 0.15) is 11.5 Å². The summed E-state index contributed by atoms with van der Waals surface area (Å²) in [6, 6.07) is 36.4. The first-order valence-corrected chi connectivity index (χ1v) is 13.2. The molecular weight excluding hydrogens is 518 g/mol. The maximum atomic E-state index is 5.54. The van der Waals surface area contributed by atoms with Gasteiger partial charge in [-0.1, -0.05) is 30.3 Å². The molecule has 0 bridgehead atoms. The Balaban J connectivity index is 1.38. The third-order valence-corrected chi connectivity index (χ3v) is 7.10. The van der Waals surface area contributed by atoms with Crippen LogP contribution < -0.4 is 9.47 Å². The molecule has 7 nitrogen and oxygen atoms in total. The van der Waals surface area contributed by atoms with Gasteiger partial charge in [-0.05, 0) is 96.6 Å². The van der Waals surface area contributed by atoms with Crippen molar-refractivity contribution in [1.82, 2.24) is 24.5 Å². The number of ether oxygens (including phenoxy) is 2. The molecule has 2 heterocycles. The predicted octanol–water partition coefficient (Wildman–Crippen LogP) is 7.19. The van der Waals surface area contributed by atoms with Crippen LogP contribution in [0.5, 0.6) is 11.5 Å². The van der Waals surface area contributed by atoms with E-state index >= 15 is 0 Å². The second-order valence-corrected chi connectivity index (χ2v) is 9.64. The van der Waals surface area contributed by atoms with E-state index in [-0.39, 0.29) is 0 Å². The fourth-order valence-corrected chi connectivity index (χ4v) is 4.85. The summed E-state index contributed by atoms with van der Waals surface area (Å²) in [6.07, 6.45) is 0. The highest BCUT2D eigenvalue weighted by atomic mass is 32.1. The van der Waals surface area contributed by atoms with Gasteiger partial charge in [-0.3, -0.25) is 9.67 Å². The highest BCUT2D eigenvalue weighted by Crippen LogP contribution is 2.31. The number of hydrogen-bond donors (Lipinski definition) is 1. The van der Waals surface area contributed by atoms with Crippen LogP contribution in [0.25, 0.3) is 39.6 Å². The number of H-pyrrole nitrogens is 1. The minimum absolute atomic E-state index is 0.584. The zero-order valence-electron chi connectivity index (χ0n) is 22.1. The van der Waals surface area contributed by atoms with E-state index in [1.54, 1.807) is 14.2 Å². The Morgan fingerprint density at radius 1 is 0.725 bits per heavy atom. The van der Waals surface area contributed by atoms with Gasteiger partial charge in [0.05, 0.1) is 37.8 Å². The lowest BCUT2D eigenvalue weighted by molar-refractivity contribution is 0.414. The third kappa shape index (κ3) is 5.04. The molecule has 1 N–H and O–H groups in total. The van der Waals surface area contributed by atoms with Crippen LogP contribution in [0.2, 0.25) is 0 Å². The Morgan fingerprint density at radius 2 is 1.32 bits per heavy atom. The molecule has 8 heteroatoms. The van der Waals surface area contributed by atoms with Crippen LogP contribution >= 0.6 is 12.2 Å². The third-order valence-electron chi connectivity index (χ3n) is 6.79. The number of hydrogen-bond acceptors (Lipinski definition) is 5. The Hall–Kier alpha value is -4.95. The highest BCUT2D eigenvalue weighted by molar-refractivity contribution is 7.71. The van der Waals surface area contributed by atoms with Crippen LogP contribution in [0.3, 0.4) is 0 Å². The molecule has 0 aliphatic rings. The van der Waals surface area contributed by atoms with Crippen molar-refractivity contribution in [3.8, 4) is 51.1 Å². The summed E-state index contributed by atoms with van der Waals surface area (Å²) in [7, 11) is 3.33. The molecule has 0 atom stereocenters. The topological polar surface area (TPSA) is 69.9 Å². The molecule has 0 aliphatic heterocycles. The van der Waals surface area contributed by atoms with Crippen molar-refractivity contribution >= 4 is 12.2 Å². The van der Waals surface area contributed by atoms with Crippen molar-refractivity contribution in [2.75, 3.05) is 14.2 Å². The molecule has 198 valence electrons. The quantitative estimate of drug-likeness (QED) is 0.205. The summed E-state index contributed by atoms with van der Waals surface area (Å²) in [5, 5.41) is 12.5. The first-order chi connectivity index (χ1) is 19.6. The van der Waals surface area contributed by atoms with E-state index in [0.717, 1.165) is 56.7 Å². The van der Waals surface area contributed by atoms with Crippen molar-refractivity contribution < 1.29 is 9.47 Å². The molecule has 0 spiro atoms. The monoisotopic (exact) mass is 545 g/mol. The maximum absolute atomic E-state index is 5.54. The normalized spacial score (nSPS) is 10.9. The fraction of sp³-hybridized carbons (Fsp3) is 0.0938. The van der Waals surface area contributed by atoms with Gasteiger partial charge in [-0.25, -0.2) is 4.68 Å². The molecule has 0 unspecified atom stereocenters. The summed E-state index contributed by atoms with van der Waals surface area (Å²) >= 11 is 5.54. The molecule has 0 saturated carbocycles. The molecule has 0 saturated heterocycles. The lowest BCUT2D eigenvalue weighted by Crippen LogP contribution is -2.03. The number of aromatic nitrogens is 5. The van der Waals surface area contributed by atoms with Gasteiger partial charge in [0, 0.05) is 16.7 Å². The smallest absolute Gasteiger partial charge is 0.195 e. The standard InChI is InChI=1S/C32H27N5O2S/c1-38-27-16-10-23(11-17-27)29-20-30(24-12-18-28(39-2)19-13-24)37(35-29)26-14-8-25(9-15-26)31-33-34-32(40)36(31)21-22-6-4-3-5-7-22/h3-20H,21H2,1-2H3,(H,34,40). The number of benzene rings is 4. The number of methoxy groups -OCH3 is 2. The molecule has 40 heavy (non-hydrogen) atoms. The summed E-state index contributed by atoms with van der Waals surface area (Å²) in [5.41, 5.74) is 6.90. The molecule has 2 aromatic heterocycles. The lowest BCUT2D eigenvalue weighted by atomic mass is 10.1. The van der Waals surface area contributed by atoms with E-state index in [9.17, 15) is 0 Å². The average molecular weight is 546 g/mol. The van der Waals surface area contributed by atoms with Crippen LogP contribution in [-0.4, -0.2) is 38.8 Å². The molecular formula is C32H27N5O2S. The van der Waals surface area contributed by atoms with E-state index in [2.05, 4.69) is 40.5 Å². The molecule has 0 radical (unpaired) electrons. The molecule has 0 aliphatic carbocycles. The Morgan fingerprint density at radius 3 is 1.95 bits per heavy atom. The Bertz CT molecular complexity index is 1790. The van der Waals surface area contributed by atoms with Crippen LogP contribution in [0.4, 0.5) is 0 Å². The van der Waals surface area contributed by atoms with Crippen LogP contribution in [0, 0.1) is 4.77 Å². The van der Waals surface area contributed by atoms with Crippen LogP contribution in [-0.2, 0) is 6.54 Å². The SMILES string of the molecule is COc1ccc(-c2cc(-c3ccc(OC)cc3)n(-c3ccc(-c4n[nH]c(=S)n4Cc4ccccc4)cc3)n2)cc1. The van der Waals surface area contributed by atoms with Crippen molar-refractivity contribution in [2.24, 2.45) is 0 Å². The largest absolute Gasteiger partial charge is 0.497 e. The fourth-order valence-electron chi connectivity index (χ4n) is 4.65. The van der Waals surface area contributed by atoms with Crippen LogP contribution in [0.1, 0.15) is 5.56 Å². The van der Waals surface area contributed by atoms with Gasteiger partial charge in [-0.15, -0.1) is 0 Å². The average Bonchev–Trinajstić information content (AvgIpc) is 3.62. The Kier molecular flexibility index (Phi) is 6.99. The minimum Gasteiger partial charge on any atom is -0.497 e. The van der Waals surface area contributed by atoms with Gasteiger partial charge in [0.2, 0.25) is 0 Å². The lowest BCUT2D eigenvalue weighted by Gasteiger charge is -2.10. The molecule has 0 amide bonds. The van der Waals surface area contributed by atoms with Gasteiger partial charge in [0.15, 0.2) is 10.6 Å². The van der Waals surface area contributed by atoms with Gasteiger partial charge >= 0.3 is 0 Å². The zero-order chi connectivity index (χ0) is 27.5. The summed E-state index contributed by atoms with van der Waals surface area (Å²) in [4.78, 5) is 0.